The molecule has 4 aromatic carbocycles. The lowest BCUT2D eigenvalue weighted by Crippen LogP contribution is -2.14. The molecular weight excluding hydrogens is 410 g/mol. The van der Waals surface area contributed by atoms with Gasteiger partial charge in [-0.05, 0) is 65.4 Å². The summed E-state index contributed by atoms with van der Waals surface area (Å²) in [6, 6.07) is 33.0. The molecule has 0 heterocycles. The Balaban J connectivity index is 1.58. The maximum atomic E-state index is 13.1. The van der Waals surface area contributed by atoms with Crippen LogP contribution in [0.5, 0.6) is 0 Å². The van der Waals surface area contributed by atoms with Crippen molar-refractivity contribution in [3.8, 4) is 0 Å². The molecule has 4 rings (SSSR count). The molecule has 0 spiro atoms. The minimum atomic E-state index is -0.407. The summed E-state index contributed by atoms with van der Waals surface area (Å²) in [5.74, 6) is -0.596. The number of rotatable bonds is 7. The van der Waals surface area contributed by atoms with Gasteiger partial charge in [0.2, 0.25) is 0 Å². The van der Waals surface area contributed by atoms with Crippen LogP contribution in [0.3, 0.4) is 0 Å². The molecule has 0 atom stereocenters. The summed E-state index contributed by atoms with van der Waals surface area (Å²) >= 11 is 0. The molecule has 0 fully saturated rings. The number of anilines is 1. The van der Waals surface area contributed by atoms with Crippen LogP contribution in [0.1, 0.15) is 43.0 Å². The molecule has 1 N–H and O–H groups in total. The van der Waals surface area contributed by atoms with Crippen LogP contribution >= 0.6 is 0 Å². The molecule has 0 radical (unpaired) electrons. The number of nitrogens with one attached hydrogen (secondary N) is 1. The Kier molecular flexibility index (Phi) is 6.96. The molecule has 0 unspecified atom stereocenters. The normalized spacial score (nSPS) is 10.5. The Morgan fingerprint density at radius 3 is 1.97 bits per heavy atom. The molecule has 0 aliphatic carbocycles. The summed E-state index contributed by atoms with van der Waals surface area (Å²) in [6.45, 7) is 0. The summed E-state index contributed by atoms with van der Waals surface area (Å²) in [6.07, 6.45) is 1.34. The van der Waals surface area contributed by atoms with E-state index in [1.807, 2.05) is 72.8 Å². The summed E-state index contributed by atoms with van der Waals surface area (Å²) < 4.78 is 4.87. The van der Waals surface area contributed by atoms with Crippen molar-refractivity contribution in [2.24, 2.45) is 0 Å². The van der Waals surface area contributed by atoms with Gasteiger partial charge in [0.05, 0.1) is 12.7 Å². The average Bonchev–Trinajstić information content (AvgIpc) is 2.86. The van der Waals surface area contributed by atoms with Crippen LogP contribution in [-0.2, 0) is 17.6 Å². The van der Waals surface area contributed by atoms with Gasteiger partial charge in [-0.15, -0.1) is 0 Å². The number of benzene rings is 4. The predicted molar refractivity (Wildman–Crippen MR) is 131 cm³/mol. The van der Waals surface area contributed by atoms with Gasteiger partial charge in [0.1, 0.15) is 0 Å². The van der Waals surface area contributed by atoms with E-state index in [0.29, 0.717) is 23.2 Å². The fourth-order valence-electron chi connectivity index (χ4n) is 3.77. The highest BCUT2D eigenvalue weighted by Gasteiger charge is 2.14. The van der Waals surface area contributed by atoms with Crippen LogP contribution in [0.25, 0.3) is 0 Å². The molecular formula is C29H25NO3. The standard InChI is InChI=1S/C29H25NO3/c1-33-29(32)25-15-16-27(26(20-25)18-22-11-6-3-7-12-22)30-28(31)24-14-8-13-23(19-24)17-21-9-4-2-5-10-21/h2-16,19-20H,17-18H2,1H3,(H,30,31). The number of methoxy groups -OCH3 is 1. The number of carbonyl (C=O) groups is 2. The summed E-state index contributed by atoms with van der Waals surface area (Å²) in [7, 11) is 1.36. The van der Waals surface area contributed by atoms with E-state index in [4.69, 9.17) is 4.74 Å². The number of amides is 1. The van der Waals surface area contributed by atoms with Gasteiger partial charge >= 0.3 is 5.97 Å². The molecule has 0 bridgehead atoms. The van der Waals surface area contributed by atoms with Crippen LogP contribution in [0.15, 0.2) is 103 Å². The maximum Gasteiger partial charge on any atom is 0.337 e. The second-order valence-electron chi connectivity index (χ2n) is 7.84. The van der Waals surface area contributed by atoms with Gasteiger partial charge in [-0.2, -0.15) is 0 Å². The van der Waals surface area contributed by atoms with Crippen molar-refractivity contribution in [3.63, 3.8) is 0 Å². The Bertz CT molecular complexity index is 1250. The molecule has 0 aliphatic rings. The monoisotopic (exact) mass is 435 g/mol. The van der Waals surface area contributed by atoms with E-state index >= 15 is 0 Å². The van der Waals surface area contributed by atoms with Crippen molar-refractivity contribution in [1.82, 2.24) is 0 Å². The van der Waals surface area contributed by atoms with Crippen molar-refractivity contribution in [2.75, 3.05) is 12.4 Å². The first-order chi connectivity index (χ1) is 16.1. The van der Waals surface area contributed by atoms with Gasteiger partial charge in [-0.3, -0.25) is 4.79 Å². The van der Waals surface area contributed by atoms with E-state index in [0.717, 1.165) is 23.1 Å². The molecule has 33 heavy (non-hydrogen) atoms. The Hall–Kier alpha value is -4.18. The van der Waals surface area contributed by atoms with Crippen molar-refractivity contribution in [1.29, 1.82) is 0 Å². The van der Waals surface area contributed by atoms with Crippen LogP contribution in [0.4, 0.5) is 5.69 Å². The van der Waals surface area contributed by atoms with E-state index in [-0.39, 0.29) is 5.91 Å². The summed E-state index contributed by atoms with van der Waals surface area (Å²) in [5.41, 5.74) is 5.90. The predicted octanol–water partition coefficient (Wildman–Crippen LogP) is 5.91. The fraction of sp³-hybridized carbons (Fsp3) is 0.103. The van der Waals surface area contributed by atoms with E-state index in [1.54, 1.807) is 18.2 Å². The average molecular weight is 436 g/mol. The Morgan fingerprint density at radius 2 is 1.30 bits per heavy atom. The van der Waals surface area contributed by atoms with Crippen LogP contribution in [0, 0.1) is 0 Å². The third-order valence-electron chi connectivity index (χ3n) is 5.45. The quantitative estimate of drug-likeness (QED) is 0.367. The van der Waals surface area contributed by atoms with Crippen molar-refractivity contribution < 1.29 is 14.3 Å². The number of carbonyl (C=O) groups excluding carboxylic acids is 2. The molecule has 0 saturated heterocycles. The van der Waals surface area contributed by atoms with Gasteiger partial charge in [-0.1, -0.05) is 72.8 Å². The fourth-order valence-corrected chi connectivity index (χ4v) is 3.77. The molecule has 0 aliphatic heterocycles. The number of hydrogen-bond donors (Lipinski definition) is 1. The SMILES string of the molecule is COC(=O)c1ccc(NC(=O)c2cccc(Cc3ccccc3)c2)c(Cc2ccccc2)c1. The first-order valence-electron chi connectivity index (χ1n) is 10.8. The van der Waals surface area contributed by atoms with Crippen LogP contribution < -0.4 is 5.32 Å². The van der Waals surface area contributed by atoms with Gasteiger partial charge in [-0.25, -0.2) is 4.79 Å². The first-order valence-corrected chi connectivity index (χ1v) is 10.8. The van der Waals surface area contributed by atoms with Crippen LogP contribution in [0.2, 0.25) is 0 Å². The van der Waals surface area contributed by atoms with E-state index in [2.05, 4.69) is 17.4 Å². The van der Waals surface area contributed by atoms with E-state index in [9.17, 15) is 9.59 Å². The molecule has 0 aromatic heterocycles. The van der Waals surface area contributed by atoms with Gasteiger partial charge < -0.3 is 10.1 Å². The molecule has 0 saturated carbocycles. The third-order valence-corrected chi connectivity index (χ3v) is 5.45. The minimum Gasteiger partial charge on any atom is -0.465 e. The number of ether oxygens (including phenoxy) is 1. The first kappa shape index (κ1) is 22.0. The lowest BCUT2D eigenvalue weighted by Gasteiger charge is -2.14. The lowest BCUT2D eigenvalue weighted by molar-refractivity contribution is 0.0600. The minimum absolute atomic E-state index is 0.190. The lowest BCUT2D eigenvalue weighted by atomic mass is 10.00. The van der Waals surface area contributed by atoms with E-state index in [1.165, 1.54) is 12.7 Å². The third kappa shape index (κ3) is 5.74. The Morgan fingerprint density at radius 1 is 0.667 bits per heavy atom. The second-order valence-corrected chi connectivity index (χ2v) is 7.84. The van der Waals surface area contributed by atoms with Crippen molar-refractivity contribution in [2.45, 2.75) is 12.8 Å². The van der Waals surface area contributed by atoms with Gasteiger partial charge in [0, 0.05) is 11.3 Å². The van der Waals surface area contributed by atoms with Crippen molar-refractivity contribution >= 4 is 17.6 Å². The zero-order valence-electron chi connectivity index (χ0n) is 18.5. The maximum absolute atomic E-state index is 13.1. The van der Waals surface area contributed by atoms with Gasteiger partial charge in [0.25, 0.3) is 5.91 Å². The molecule has 4 aromatic rings. The number of hydrogen-bond acceptors (Lipinski definition) is 3. The van der Waals surface area contributed by atoms with Gasteiger partial charge in [0.15, 0.2) is 0 Å². The van der Waals surface area contributed by atoms with E-state index < -0.39 is 5.97 Å². The molecule has 4 nitrogen and oxygen atoms in total. The highest BCUT2D eigenvalue weighted by Crippen LogP contribution is 2.23. The summed E-state index contributed by atoms with van der Waals surface area (Å²) in [5, 5.41) is 3.03. The zero-order chi connectivity index (χ0) is 23.0. The highest BCUT2D eigenvalue weighted by molar-refractivity contribution is 6.05. The zero-order valence-corrected chi connectivity index (χ0v) is 18.5. The van der Waals surface area contributed by atoms with Crippen molar-refractivity contribution in [3.05, 3.63) is 137 Å². The second kappa shape index (κ2) is 10.4. The molecule has 164 valence electrons. The molecule has 1 amide bonds. The Labute approximate surface area is 193 Å². The topological polar surface area (TPSA) is 55.4 Å². The number of esters is 1. The summed E-state index contributed by atoms with van der Waals surface area (Å²) in [4.78, 5) is 25.1. The van der Waals surface area contributed by atoms with Crippen LogP contribution in [-0.4, -0.2) is 19.0 Å². The molecule has 4 heteroatoms. The highest BCUT2D eigenvalue weighted by atomic mass is 16.5. The smallest absolute Gasteiger partial charge is 0.337 e. The largest absolute Gasteiger partial charge is 0.465 e.